The van der Waals surface area contributed by atoms with Crippen LogP contribution in [0.2, 0.25) is 0 Å². The van der Waals surface area contributed by atoms with Crippen LogP contribution in [0, 0.1) is 19.8 Å². The Kier molecular flexibility index (Phi) is 3.74. The van der Waals surface area contributed by atoms with E-state index < -0.39 is 6.10 Å². The molecule has 1 saturated heterocycles. The maximum atomic E-state index is 10.4. The van der Waals surface area contributed by atoms with Crippen LogP contribution in [0.4, 0.5) is 0 Å². The van der Waals surface area contributed by atoms with Crippen molar-refractivity contribution in [1.82, 2.24) is 4.90 Å². The molecule has 20 heavy (non-hydrogen) atoms. The minimum absolute atomic E-state index is 0.102. The average Bonchev–Trinajstić information content (AvgIpc) is 2.40. The van der Waals surface area contributed by atoms with Crippen molar-refractivity contribution >= 4 is 0 Å². The predicted molar refractivity (Wildman–Crippen MR) is 80.1 cm³/mol. The van der Waals surface area contributed by atoms with E-state index in [1.165, 1.54) is 29.5 Å². The lowest BCUT2D eigenvalue weighted by Gasteiger charge is -2.42. The largest absolute Gasteiger partial charge is 0.490 e. The van der Waals surface area contributed by atoms with Gasteiger partial charge in [-0.1, -0.05) is 24.6 Å². The molecule has 0 aliphatic carbocycles. The van der Waals surface area contributed by atoms with Crippen LogP contribution in [0.3, 0.4) is 0 Å². The predicted octanol–water partition coefficient (Wildman–Crippen LogP) is 2.83. The monoisotopic (exact) mass is 275 g/mol. The summed E-state index contributed by atoms with van der Waals surface area (Å²) < 4.78 is 5.79. The number of rotatable bonds is 1. The summed E-state index contributed by atoms with van der Waals surface area (Å²) in [6.45, 7) is 9.10. The maximum absolute atomic E-state index is 10.4. The Bertz CT molecular complexity index is 492. The standard InChI is InChI=1S/C17H25NO2/c1-11-4-6-18(7-5-11)16-14-9-12(2)8-13(3)17(14)20-10-15(16)19/h8-9,11,15-16,19H,4-7,10H2,1-3H3. The first-order chi connectivity index (χ1) is 9.56. The van der Waals surface area contributed by atoms with Crippen LogP contribution in [0.5, 0.6) is 5.75 Å². The minimum Gasteiger partial charge on any atom is -0.490 e. The molecule has 0 bridgehead atoms. The molecule has 1 aromatic carbocycles. The highest BCUT2D eigenvalue weighted by Crippen LogP contribution is 2.40. The average molecular weight is 275 g/mol. The van der Waals surface area contributed by atoms with Crippen molar-refractivity contribution in [2.45, 2.75) is 45.8 Å². The highest BCUT2D eigenvalue weighted by molar-refractivity contribution is 5.47. The van der Waals surface area contributed by atoms with E-state index in [9.17, 15) is 5.11 Å². The van der Waals surface area contributed by atoms with Crippen LogP contribution < -0.4 is 4.74 Å². The van der Waals surface area contributed by atoms with Crippen LogP contribution in [-0.4, -0.2) is 35.8 Å². The fourth-order valence-corrected chi connectivity index (χ4v) is 3.62. The van der Waals surface area contributed by atoms with Gasteiger partial charge in [-0.3, -0.25) is 4.90 Å². The minimum atomic E-state index is -0.419. The van der Waals surface area contributed by atoms with Crippen LogP contribution in [0.15, 0.2) is 12.1 Å². The number of aliphatic hydroxyl groups excluding tert-OH is 1. The van der Waals surface area contributed by atoms with Crippen molar-refractivity contribution in [3.05, 3.63) is 28.8 Å². The normalized spacial score (nSPS) is 28.0. The number of likely N-dealkylation sites (tertiary alicyclic amines) is 1. The smallest absolute Gasteiger partial charge is 0.127 e. The number of benzene rings is 1. The molecule has 0 spiro atoms. The van der Waals surface area contributed by atoms with Gasteiger partial charge in [0.2, 0.25) is 0 Å². The Morgan fingerprint density at radius 1 is 1.20 bits per heavy atom. The Hall–Kier alpha value is -1.06. The molecule has 2 atom stereocenters. The van der Waals surface area contributed by atoms with Gasteiger partial charge < -0.3 is 9.84 Å². The lowest BCUT2D eigenvalue weighted by atomic mass is 9.90. The highest BCUT2D eigenvalue weighted by Gasteiger charge is 2.36. The molecule has 110 valence electrons. The third-order valence-corrected chi connectivity index (χ3v) is 4.74. The van der Waals surface area contributed by atoms with E-state index in [-0.39, 0.29) is 6.04 Å². The van der Waals surface area contributed by atoms with Crippen LogP contribution in [0.1, 0.15) is 42.5 Å². The summed E-state index contributed by atoms with van der Waals surface area (Å²) >= 11 is 0. The van der Waals surface area contributed by atoms with Crippen molar-refractivity contribution in [3.63, 3.8) is 0 Å². The summed E-state index contributed by atoms with van der Waals surface area (Å²) in [4.78, 5) is 2.45. The Morgan fingerprint density at radius 3 is 2.60 bits per heavy atom. The molecule has 0 saturated carbocycles. The maximum Gasteiger partial charge on any atom is 0.127 e. The quantitative estimate of drug-likeness (QED) is 0.855. The molecule has 0 radical (unpaired) electrons. The number of aliphatic hydroxyl groups is 1. The zero-order valence-electron chi connectivity index (χ0n) is 12.7. The van der Waals surface area contributed by atoms with Crippen LogP contribution in [-0.2, 0) is 0 Å². The van der Waals surface area contributed by atoms with Crippen LogP contribution >= 0.6 is 0 Å². The van der Waals surface area contributed by atoms with Crippen molar-refractivity contribution in [2.75, 3.05) is 19.7 Å². The van der Waals surface area contributed by atoms with E-state index in [1.54, 1.807) is 0 Å². The van der Waals surface area contributed by atoms with Gasteiger partial charge in [-0.2, -0.15) is 0 Å². The molecule has 3 rings (SSSR count). The molecule has 1 fully saturated rings. The topological polar surface area (TPSA) is 32.7 Å². The molecule has 1 aromatic rings. The summed E-state index contributed by atoms with van der Waals surface area (Å²) in [7, 11) is 0. The fourth-order valence-electron chi connectivity index (χ4n) is 3.62. The summed E-state index contributed by atoms with van der Waals surface area (Å²) in [5.74, 6) is 1.80. The first-order valence-corrected chi connectivity index (χ1v) is 7.72. The lowest BCUT2D eigenvalue weighted by molar-refractivity contribution is -0.0117. The molecule has 1 N–H and O–H groups in total. The summed E-state index contributed by atoms with van der Waals surface area (Å²) in [5, 5.41) is 10.4. The number of nitrogens with zero attached hydrogens (tertiary/aromatic N) is 1. The molecule has 0 aromatic heterocycles. The zero-order chi connectivity index (χ0) is 14.3. The van der Waals surface area contributed by atoms with Gasteiger partial charge in [0.05, 0.1) is 6.04 Å². The van der Waals surface area contributed by atoms with E-state index in [0.29, 0.717) is 6.61 Å². The van der Waals surface area contributed by atoms with E-state index in [4.69, 9.17) is 4.74 Å². The summed E-state index contributed by atoms with van der Waals surface area (Å²) in [5.41, 5.74) is 3.60. The first kappa shape index (κ1) is 13.9. The van der Waals surface area contributed by atoms with Gasteiger partial charge in [0.15, 0.2) is 0 Å². The van der Waals surface area contributed by atoms with E-state index in [1.807, 2.05) is 0 Å². The first-order valence-electron chi connectivity index (χ1n) is 7.72. The van der Waals surface area contributed by atoms with Crippen LogP contribution in [0.25, 0.3) is 0 Å². The van der Waals surface area contributed by atoms with Gasteiger partial charge >= 0.3 is 0 Å². The van der Waals surface area contributed by atoms with Crippen molar-refractivity contribution in [2.24, 2.45) is 5.92 Å². The second-order valence-electron chi connectivity index (χ2n) is 6.54. The van der Waals surface area contributed by atoms with E-state index >= 15 is 0 Å². The lowest BCUT2D eigenvalue weighted by Crippen LogP contribution is -2.45. The molecule has 0 amide bonds. The van der Waals surface area contributed by atoms with Gasteiger partial charge in [-0.05, 0) is 51.3 Å². The molecule has 2 aliphatic heterocycles. The molecular formula is C17H25NO2. The number of piperidine rings is 1. The molecule has 3 heteroatoms. The molecule has 3 nitrogen and oxygen atoms in total. The number of hydrogen-bond donors (Lipinski definition) is 1. The molecular weight excluding hydrogens is 250 g/mol. The SMILES string of the molecule is Cc1cc(C)c2c(c1)C(N1CCC(C)CC1)C(O)CO2. The number of fused-ring (bicyclic) bond motifs is 1. The van der Waals surface area contributed by atoms with Crippen molar-refractivity contribution < 1.29 is 9.84 Å². The number of aryl methyl sites for hydroxylation is 2. The summed E-state index contributed by atoms with van der Waals surface area (Å²) in [6, 6.07) is 4.45. The zero-order valence-corrected chi connectivity index (χ0v) is 12.7. The van der Waals surface area contributed by atoms with Crippen molar-refractivity contribution in [3.8, 4) is 5.75 Å². The number of ether oxygens (including phenoxy) is 1. The third-order valence-electron chi connectivity index (χ3n) is 4.74. The Labute approximate surface area is 121 Å². The van der Waals surface area contributed by atoms with Gasteiger partial charge in [0.1, 0.15) is 18.5 Å². The van der Waals surface area contributed by atoms with Gasteiger partial charge in [-0.25, -0.2) is 0 Å². The molecule has 2 unspecified atom stereocenters. The van der Waals surface area contributed by atoms with Gasteiger partial charge in [0.25, 0.3) is 0 Å². The van der Waals surface area contributed by atoms with E-state index in [0.717, 1.165) is 24.8 Å². The number of hydrogen-bond acceptors (Lipinski definition) is 3. The highest BCUT2D eigenvalue weighted by atomic mass is 16.5. The fraction of sp³-hybridized carbons (Fsp3) is 0.647. The van der Waals surface area contributed by atoms with Gasteiger partial charge in [-0.15, -0.1) is 0 Å². The van der Waals surface area contributed by atoms with Crippen molar-refractivity contribution in [1.29, 1.82) is 0 Å². The Balaban J connectivity index is 1.95. The Morgan fingerprint density at radius 2 is 1.90 bits per heavy atom. The summed E-state index contributed by atoms with van der Waals surface area (Å²) in [6.07, 6.45) is 2.03. The third kappa shape index (κ3) is 2.45. The molecule has 2 heterocycles. The molecule has 2 aliphatic rings. The second-order valence-corrected chi connectivity index (χ2v) is 6.54. The second kappa shape index (κ2) is 5.38. The van der Waals surface area contributed by atoms with E-state index in [2.05, 4.69) is 37.8 Å². The van der Waals surface area contributed by atoms with Gasteiger partial charge in [0, 0.05) is 5.56 Å².